The summed E-state index contributed by atoms with van der Waals surface area (Å²) in [6.45, 7) is 1.87. The third-order valence-electron chi connectivity index (χ3n) is 1.03. The molecule has 58 valence electrons. The van der Waals surface area contributed by atoms with E-state index in [4.69, 9.17) is 5.73 Å². The third-order valence-corrected chi connectivity index (χ3v) is 2.78. The van der Waals surface area contributed by atoms with Gasteiger partial charge in [-0.3, -0.25) is 0 Å². The summed E-state index contributed by atoms with van der Waals surface area (Å²) in [5.41, 5.74) is 5.47. The Bertz CT molecular complexity index is 293. The van der Waals surface area contributed by atoms with Crippen LogP contribution < -0.4 is 5.73 Å². The summed E-state index contributed by atoms with van der Waals surface area (Å²) in [5.74, 6) is 5.89. The average molecular weight is 230 g/mol. The predicted octanol–water partition coefficient (Wildman–Crippen LogP) is 2.21. The van der Waals surface area contributed by atoms with Gasteiger partial charge in [0.15, 0.2) is 0 Å². The van der Waals surface area contributed by atoms with Crippen molar-refractivity contribution in [1.29, 1.82) is 0 Å². The van der Waals surface area contributed by atoms with Gasteiger partial charge in [0, 0.05) is 4.47 Å². The van der Waals surface area contributed by atoms with Crippen LogP contribution in [0.1, 0.15) is 11.8 Å². The molecule has 1 unspecified atom stereocenters. The van der Waals surface area contributed by atoms with Gasteiger partial charge in [-0.15, -0.1) is 11.3 Å². The molecule has 1 rings (SSSR count). The quantitative estimate of drug-likeness (QED) is 0.679. The Balaban J connectivity index is 2.81. The number of thiophene rings is 1. The lowest BCUT2D eigenvalue weighted by atomic mass is 10.3. The first-order valence-corrected chi connectivity index (χ1v) is 4.87. The van der Waals surface area contributed by atoms with Crippen molar-refractivity contribution in [1.82, 2.24) is 0 Å². The van der Waals surface area contributed by atoms with Gasteiger partial charge in [0.25, 0.3) is 0 Å². The molecular formula is C8H8BrNS. The maximum Gasteiger partial charge on any atom is 0.0910 e. The SMILES string of the molecule is CC(N)C#Cc1sccc1Br. The molecule has 0 spiro atoms. The van der Waals surface area contributed by atoms with Crippen LogP contribution in [0, 0.1) is 11.8 Å². The lowest BCUT2D eigenvalue weighted by Gasteiger charge is -1.87. The van der Waals surface area contributed by atoms with E-state index in [9.17, 15) is 0 Å². The van der Waals surface area contributed by atoms with E-state index in [-0.39, 0.29) is 6.04 Å². The van der Waals surface area contributed by atoms with E-state index >= 15 is 0 Å². The Hall–Kier alpha value is -0.300. The van der Waals surface area contributed by atoms with Gasteiger partial charge in [-0.25, -0.2) is 0 Å². The fourth-order valence-electron chi connectivity index (χ4n) is 0.562. The van der Waals surface area contributed by atoms with Crippen LogP contribution in [0.4, 0.5) is 0 Å². The molecule has 1 aromatic heterocycles. The van der Waals surface area contributed by atoms with E-state index in [0.717, 1.165) is 9.35 Å². The zero-order valence-electron chi connectivity index (χ0n) is 6.10. The highest BCUT2D eigenvalue weighted by molar-refractivity contribution is 9.10. The first-order chi connectivity index (χ1) is 5.20. The van der Waals surface area contributed by atoms with E-state index in [1.54, 1.807) is 11.3 Å². The van der Waals surface area contributed by atoms with Crippen molar-refractivity contribution in [3.63, 3.8) is 0 Å². The molecule has 3 heteroatoms. The second-order valence-corrected chi connectivity index (χ2v) is 3.93. The molecule has 1 atom stereocenters. The van der Waals surface area contributed by atoms with Gasteiger partial charge in [-0.05, 0) is 34.3 Å². The van der Waals surface area contributed by atoms with E-state index < -0.39 is 0 Å². The van der Waals surface area contributed by atoms with Crippen molar-refractivity contribution in [2.24, 2.45) is 5.73 Å². The second-order valence-electron chi connectivity index (χ2n) is 2.16. The molecule has 0 saturated heterocycles. The van der Waals surface area contributed by atoms with Crippen LogP contribution in [0.2, 0.25) is 0 Å². The van der Waals surface area contributed by atoms with Gasteiger partial charge in [-0.1, -0.05) is 11.8 Å². The molecule has 0 fully saturated rings. The molecule has 2 N–H and O–H groups in total. The molecule has 0 radical (unpaired) electrons. The third kappa shape index (κ3) is 2.66. The minimum Gasteiger partial charge on any atom is -0.318 e. The van der Waals surface area contributed by atoms with Crippen LogP contribution in [0.5, 0.6) is 0 Å². The summed E-state index contributed by atoms with van der Waals surface area (Å²) >= 11 is 5.00. The molecule has 0 aliphatic rings. The lowest BCUT2D eigenvalue weighted by Crippen LogP contribution is -2.10. The maximum atomic E-state index is 5.47. The van der Waals surface area contributed by atoms with Crippen LogP contribution in [-0.2, 0) is 0 Å². The zero-order chi connectivity index (χ0) is 8.27. The minimum atomic E-state index is -0.0519. The number of rotatable bonds is 0. The van der Waals surface area contributed by atoms with Crippen molar-refractivity contribution in [2.45, 2.75) is 13.0 Å². The van der Waals surface area contributed by atoms with Crippen LogP contribution in [0.25, 0.3) is 0 Å². The van der Waals surface area contributed by atoms with Crippen molar-refractivity contribution in [2.75, 3.05) is 0 Å². The van der Waals surface area contributed by atoms with Gasteiger partial charge in [-0.2, -0.15) is 0 Å². The number of hydrogen-bond donors (Lipinski definition) is 1. The second kappa shape index (κ2) is 3.91. The summed E-state index contributed by atoms with van der Waals surface area (Å²) in [5, 5.41) is 2.00. The normalized spacial score (nSPS) is 11.9. The highest BCUT2D eigenvalue weighted by Crippen LogP contribution is 2.20. The minimum absolute atomic E-state index is 0.0519. The van der Waals surface area contributed by atoms with Gasteiger partial charge >= 0.3 is 0 Å². The van der Waals surface area contributed by atoms with E-state index in [1.807, 2.05) is 18.4 Å². The summed E-state index contributed by atoms with van der Waals surface area (Å²) < 4.78 is 1.05. The van der Waals surface area contributed by atoms with Crippen LogP contribution in [0.15, 0.2) is 15.9 Å². The Kier molecular flexibility index (Phi) is 3.13. The van der Waals surface area contributed by atoms with Gasteiger partial charge in [0.1, 0.15) is 0 Å². The van der Waals surface area contributed by atoms with Gasteiger partial charge in [0.2, 0.25) is 0 Å². The Labute approximate surface area is 78.7 Å². The summed E-state index contributed by atoms with van der Waals surface area (Å²) in [6.07, 6.45) is 0. The standard InChI is InChI=1S/C8H8BrNS/c1-6(10)2-3-8-7(9)4-5-11-8/h4-6H,10H2,1H3. The van der Waals surface area contributed by atoms with Gasteiger partial charge < -0.3 is 5.73 Å². The van der Waals surface area contributed by atoms with Gasteiger partial charge in [0.05, 0.1) is 10.9 Å². The average Bonchev–Trinajstić information content (AvgIpc) is 2.31. The number of halogens is 1. The van der Waals surface area contributed by atoms with Crippen molar-refractivity contribution in [3.05, 3.63) is 20.8 Å². The first kappa shape index (κ1) is 8.79. The van der Waals surface area contributed by atoms with Crippen molar-refractivity contribution < 1.29 is 0 Å². The summed E-state index contributed by atoms with van der Waals surface area (Å²) in [6, 6.07) is 1.93. The van der Waals surface area contributed by atoms with Crippen molar-refractivity contribution in [3.8, 4) is 11.8 Å². The maximum absolute atomic E-state index is 5.47. The molecule has 1 heterocycles. The molecule has 0 amide bonds. The number of nitrogens with two attached hydrogens (primary N) is 1. The largest absolute Gasteiger partial charge is 0.318 e. The van der Waals surface area contributed by atoms with Crippen LogP contribution in [0.3, 0.4) is 0 Å². The van der Waals surface area contributed by atoms with E-state index in [2.05, 4.69) is 27.8 Å². The molecule has 0 aromatic carbocycles. The Morgan fingerprint density at radius 1 is 1.73 bits per heavy atom. The molecule has 1 nitrogen and oxygen atoms in total. The Morgan fingerprint density at radius 3 is 2.91 bits per heavy atom. The molecule has 0 aliphatic heterocycles. The Morgan fingerprint density at radius 2 is 2.45 bits per heavy atom. The fraction of sp³-hybridized carbons (Fsp3) is 0.250. The summed E-state index contributed by atoms with van der Waals surface area (Å²) in [7, 11) is 0. The summed E-state index contributed by atoms with van der Waals surface area (Å²) in [4.78, 5) is 1.04. The topological polar surface area (TPSA) is 26.0 Å². The smallest absolute Gasteiger partial charge is 0.0910 e. The fourth-order valence-corrected chi connectivity index (χ4v) is 1.89. The molecule has 11 heavy (non-hydrogen) atoms. The molecule has 0 bridgehead atoms. The van der Waals surface area contributed by atoms with E-state index in [1.165, 1.54) is 0 Å². The zero-order valence-corrected chi connectivity index (χ0v) is 8.50. The predicted molar refractivity (Wildman–Crippen MR) is 52.5 cm³/mol. The van der Waals surface area contributed by atoms with Crippen LogP contribution in [-0.4, -0.2) is 6.04 Å². The highest BCUT2D eigenvalue weighted by atomic mass is 79.9. The highest BCUT2D eigenvalue weighted by Gasteiger charge is 1.95. The van der Waals surface area contributed by atoms with Crippen LogP contribution >= 0.6 is 27.3 Å². The number of hydrogen-bond acceptors (Lipinski definition) is 2. The van der Waals surface area contributed by atoms with Crippen molar-refractivity contribution >= 4 is 27.3 Å². The first-order valence-electron chi connectivity index (χ1n) is 3.20. The molecular weight excluding hydrogens is 222 g/mol. The monoisotopic (exact) mass is 229 g/mol. The van der Waals surface area contributed by atoms with E-state index in [0.29, 0.717) is 0 Å². The molecule has 0 saturated carbocycles. The molecule has 0 aliphatic carbocycles. The lowest BCUT2D eigenvalue weighted by molar-refractivity contribution is 0.959. The molecule has 1 aromatic rings.